The van der Waals surface area contributed by atoms with E-state index in [1.54, 1.807) is 29.2 Å². The second-order valence-electron chi connectivity index (χ2n) is 7.16. The summed E-state index contributed by atoms with van der Waals surface area (Å²) >= 11 is 0. The maximum Gasteiger partial charge on any atom is 0.309 e. The molecule has 2 aromatic carbocycles. The predicted octanol–water partition coefficient (Wildman–Crippen LogP) is 2.69. The summed E-state index contributed by atoms with van der Waals surface area (Å²) < 4.78 is 24.8. The molecule has 1 aliphatic heterocycles. The summed E-state index contributed by atoms with van der Waals surface area (Å²) in [5.41, 5.74) is 0.730. The third-order valence-corrected chi connectivity index (χ3v) is 5.00. The summed E-state index contributed by atoms with van der Waals surface area (Å²) in [6.45, 7) is 2.90. The van der Waals surface area contributed by atoms with Crippen LogP contribution in [0.1, 0.15) is 23.7 Å². The molecular weight excluding hydrogens is 403 g/mol. The third kappa shape index (κ3) is 6.28. The quantitative estimate of drug-likeness (QED) is 0.475. The van der Waals surface area contributed by atoms with Crippen LogP contribution in [0.5, 0.6) is 5.75 Å². The van der Waals surface area contributed by atoms with Crippen LogP contribution < -0.4 is 9.64 Å². The van der Waals surface area contributed by atoms with E-state index in [-0.39, 0.29) is 31.3 Å². The van der Waals surface area contributed by atoms with Crippen molar-refractivity contribution in [3.8, 4) is 5.75 Å². The normalized spacial score (nSPS) is 13.6. The first kappa shape index (κ1) is 22.3. The summed E-state index contributed by atoms with van der Waals surface area (Å²) in [6, 6.07) is 13.5. The molecule has 8 heteroatoms. The van der Waals surface area contributed by atoms with Gasteiger partial charge in [-0.25, -0.2) is 4.39 Å². The number of para-hydroxylation sites is 1. The van der Waals surface area contributed by atoms with Crippen LogP contribution in [-0.2, 0) is 14.3 Å². The largest absolute Gasteiger partial charge is 0.493 e. The third-order valence-electron chi connectivity index (χ3n) is 5.00. The number of ether oxygens (including phenoxy) is 2. The molecule has 0 atom stereocenters. The fourth-order valence-corrected chi connectivity index (χ4v) is 3.25. The molecule has 0 radical (unpaired) electrons. The van der Waals surface area contributed by atoms with E-state index in [0.717, 1.165) is 0 Å². The standard InChI is InChI=1S/C23H25FN2O5/c1-17(27)18-7-8-21(20(24)15-18)25-10-12-26(13-11-25)22(28)16-31-23(29)9-14-30-19-5-3-2-4-6-19/h2-8,15H,9-14,16H2,1H3. The van der Waals surface area contributed by atoms with Gasteiger partial charge in [0.2, 0.25) is 0 Å². The number of esters is 1. The Bertz CT molecular complexity index is 927. The zero-order valence-electron chi connectivity index (χ0n) is 17.4. The first-order valence-electron chi connectivity index (χ1n) is 10.1. The number of amides is 1. The average molecular weight is 428 g/mol. The molecule has 3 rings (SSSR count). The Hall–Kier alpha value is -3.42. The maximum atomic E-state index is 14.3. The number of carbonyl (C=O) groups is 3. The van der Waals surface area contributed by atoms with E-state index in [9.17, 15) is 18.8 Å². The highest BCUT2D eigenvalue weighted by atomic mass is 19.1. The van der Waals surface area contributed by atoms with Gasteiger partial charge in [0.15, 0.2) is 12.4 Å². The minimum Gasteiger partial charge on any atom is -0.493 e. The number of ketones is 1. The van der Waals surface area contributed by atoms with Crippen LogP contribution in [0.2, 0.25) is 0 Å². The van der Waals surface area contributed by atoms with Crippen LogP contribution in [0.25, 0.3) is 0 Å². The molecule has 7 nitrogen and oxygen atoms in total. The molecule has 1 amide bonds. The zero-order chi connectivity index (χ0) is 22.2. The van der Waals surface area contributed by atoms with E-state index in [1.165, 1.54) is 13.0 Å². The number of carbonyl (C=O) groups excluding carboxylic acids is 3. The summed E-state index contributed by atoms with van der Waals surface area (Å²) in [5.74, 6) is -0.780. The Labute approximate surface area is 180 Å². The van der Waals surface area contributed by atoms with Gasteiger partial charge < -0.3 is 19.3 Å². The van der Waals surface area contributed by atoms with Crippen LogP contribution in [0.15, 0.2) is 48.5 Å². The Balaban J connectivity index is 1.39. The fourth-order valence-electron chi connectivity index (χ4n) is 3.25. The Morgan fingerprint density at radius 2 is 1.71 bits per heavy atom. The van der Waals surface area contributed by atoms with Gasteiger partial charge in [-0.1, -0.05) is 18.2 Å². The molecule has 0 aliphatic carbocycles. The van der Waals surface area contributed by atoms with E-state index >= 15 is 0 Å². The van der Waals surface area contributed by atoms with Gasteiger partial charge in [0.05, 0.1) is 18.7 Å². The number of hydrogen-bond donors (Lipinski definition) is 0. The van der Waals surface area contributed by atoms with Gasteiger partial charge in [0.1, 0.15) is 11.6 Å². The van der Waals surface area contributed by atoms with Gasteiger partial charge >= 0.3 is 5.97 Å². The van der Waals surface area contributed by atoms with Crippen LogP contribution in [-0.4, -0.2) is 62.0 Å². The van der Waals surface area contributed by atoms with Crippen LogP contribution in [0, 0.1) is 5.82 Å². The van der Waals surface area contributed by atoms with Crippen molar-refractivity contribution < 1.29 is 28.2 Å². The lowest BCUT2D eigenvalue weighted by Gasteiger charge is -2.36. The van der Waals surface area contributed by atoms with Crippen LogP contribution in [0.4, 0.5) is 10.1 Å². The van der Waals surface area contributed by atoms with Crippen LogP contribution >= 0.6 is 0 Å². The van der Waals surface area contributed by atoms with Crippen molar-refractivity contribution in [3.63, 3.8) is 0 Å². The highest BCUT2D eigenvalue weighted by molar-refractivity contribution is 5.94. The summed E-state index contributed by atoms with van der Waals surface area (Å²) in [4.78, 5) is 38.9. The van der Waals surface area contributed by atoms with Crippen molar-refractivity contribution >= 4 is 23.3 Å². The monoisotopic (exact) mass is 428 g/mol. The number of piperazine rings is 1. The molecule has 0 N–H and O–H groups in total. The SMILES string of the molecule is CC(=O)c1ccc(N2CCN(C(=O)COC(=O)CCOc3ccccc3)CC2)c(F)c1. The van der Waals surface area contributed by atoms with Gasteiger partial charge in [-0.3, -0.25) is 14.4 Å². The molecule has 1 heterocycles. The highest BCUT2D eigenvalue weighted by Gasteiger charge is 2.24. The van der Waals surface area contributed by atoms with Gasteiger partial charge in [0.25, 0.3) is 5.91 Å². The summed E-state index contributed by atoms with van der Waals surface area (Å²) in [5, 5.41) is 0. The van der Waals surface area contributed by atoms with Crippen molar-refractivity contribution in [2.24, 2.45) is 0 Å². The summed E-state index contributed by atoms with van der Waals surface area (Å²) in [7, 11) is 0. The molecule has 0 aromatic heterocycles. The lowest BCUT2D eigenvalue weighted by Crippen LogP contribution is -2.50. The van der Waals surface area contributed by atoms with E-state index in [4.69, 9.17) is 9.47 Å². The molecule has 2 aromatic rings. The molecule has 1 aliphatic rings. The number of hydrogen-bond acceptors (Lipinski definition) is 6. The molecule has 1 saturated heterocycles. The lowest BCUT2D eigenvalue weighted by molar-refractivity contribution is -0.152. The van der Waals surface area contributed by atoms with Gasteiger partial charge in [-0.2, -0.15) is 0 Å². The van der Waals surface area contributed by atoms with Gasteiger partial charge in [-0.15, -0.1) is 0 Å². The van der Waals surface area contributed by atoms with Crippen molar-refractivity contribution in [2.45, 2.75) is 13.3 Å². The highest BCUT2D eigenvalue weighted by Crippen LogP contribution is 2.22. The molecule has 0 unspecified atom stereocenters. The molecular formula is C23H25FN2O5. The maximum absolute atomic E-state index is 14.3. The number of anilines is 1. The fraction of sp³-hybridized carbons (Fsp3) is 0.348. The Morgan fingerprint density at radius 1 is 1.00 bits per heavy atom. The van der Waals surface area contributed by atoms with E-state index < -0.39 is 11.8 Å². The Morgan fingerprint density at radius 3 is 2.35 bits per heavy atom. The van der Waals surface area contributed by atoms with Crippen molar-refractivity contribution in [3.05, 3.63) is 59.9 Å². The van der Waals surface area contributed by atoms with Crippen molar-refractivity contribution in [2.75, 3.05) is 44.3 Å². The van der Waals surface area contributed by atoms with Crippen LogP contribution in [0.3, 0.4) is 0 Å². The second kappa shape index (κ2) is 10.6. The van der Waals surface area contributed by atoms with E-state index in [0.29, 0.717) is 43.2 Å². The minimum absolute atomic E-state index is 0.0471. The lowest BCUT2D eigenvalue weighted by atomic mass is 10.1. The zero-order valence-corrected chi connectivity index (χ0v) is 17.4. The minimum atomic E-state index is -0.504. The molecule has 164 valence electrons. The van der Waals surface area contributed by atoms with E-state index in [2.05, 4.69) is 0 Å². The smallest absolute Gasteiger partial charge is 0.309 e. The number of Topliss-reactive ketones (excluding diaryl/α,β-unsaturated/α-hetero) is 1. The number of benzene rings is 2. The van der Waals surface area contributed by atoms with Gasteiger partial charge in [-0.05, 0) is 37.3 Å². The number of halogens is 1. The Kier molecular flexibility index (Phi) is 7.59. The molecule has 31 heavy (non-hydrogen) atoms. The molecule has 1 fully saturated rings. The topological polar surface area (TPSA) is 76.2 Å². The first-order chi connectivity index (χ1) is 14.9. The number of nitrogens with zero attached hydrogens (tertiary/aromatic N) is 2. The first-order valence-corrected chi connectivity index (χ1v) is 10.1. The predicted molar refractivity (Wildman–Crippen MR) is 113 cm³/mol. The van der Waals surface area contributed by atoms with Gasteiger partial charge in [0, 0.05) is 31.7 Å². The molecule has 0 bridgehead atoms. The van der Waals surface area contributed by atoms with Crippen molar-refractivity contribution in [1.82, 2.24) is 4.90 Å². The molecule has 0 saturated carbocycles. The molecule has 0 spiro atoms. The van der Waals surface area contributed by atoms with E-state index in [1.807, 2.05) is 23.1 Å². The number of rotatable bonds is 8. The average Bonchev–Trinajstić information content (AvgIpc) is 2.78. The second-order valence-corrected chi connectivity index (χ2v) is 7.16. The van der Waals surface area contributed by atoms with Crippen molar-refractivity contribution in [1.29, 1.82) is 0 Å². The summed E-state index contributed by atoms with van der Waals surface area (Å²) in [6.07, 6.45) is 0.0471.